The third kappa shape index (κ3) is 1.78. The van der Waals surface area contributed by atoms with E-state index in [2.05, 4.69) is 35.9 Å². The Morgan fingerprint density at radius 2 is 1.67 bits per heavy atom. The van der Waals surface area contributed by atoms with Crippen LogP contribution in [0, 0.1) is 19.7 Å². The van der Waals surface area contributed by atoms with Crippen molar-refractivity contribution in [2.24, 2.45) is 0 Å². The van der Waals surface area contributed by atoms with Crippen molar-refractivity contribution in [1.82, 2.24) is 9.97 Å². The highest BCUT2D eigenvalue weighted by atomic mass is 19.1. The number of nitrogens with one attached hydrogen (secondary N) is 1. The number of aryl methyl sites for hydroxylation is 2. The zero-order valence-electron chi connectivity index (χ0n) is 10.3. The molecule has 0 spiro atoms. The van der Waals surface area contributed by atoms with Gasteiger partial charge < -0.3 is 4.98 Å². The molecule has 2 nitrogen and oxygen atoms in total. The standard InChI is InChI=1S/C15H13FN2/c1-9-7-13-14(8-10(9)2)18-15(17-13)11-3-5-12(16)6-4-11/h3-8H,1-2H3,(H,17,18). The van der Waals surface area contributed by atoms with Gasteiger partial charge in [-0.15, -0.1) is 0 Å². The highest BCUT2D eigenvalue weighted by Gasteiger charge is 2.06. The molecule has 3 heteroatoms. The first kappa shape index (κ1) is 11.0. The zero-order valence-corrected chi connectivity index (χ0v) is 10.3. The summed E-state index contributed by atoms with van der Waals surface area (Å²) in [6.07, 6.45) is 0. The van der Waals surface area contributed by atoms with Crippen LogP contribution in [0.4, 0.5) is 4.39 Å². The van der Waals surface area contributed by atoms with Crippen LogP contribution in [0.1, 0.15) is 11.1 Å². The lowest BCUT2D eigenvalue weighted by Crippen LogP contribution is -1.80. The summed E-state index contributed by atoms with van der Waals surface area (Å²) in [7, 11) is 0. The molecule has 0 aliphatic heterocycles. The lowest BCUT2D eigenvalue weighted by atomic mass is 10.1. The Hall–Kier alpha value is -2.16. The number of H-pyrrole nitrogens is 1. The Balaban J connectivity index is 2.16. The Bertz CT molecular complexity index is 672. The highest BCUT2D eigenvalue weighted by molar-refractivity contribution is 5.80. The minimum Gasteiger partial charge on any atom is -0.338 e. The summed E-state index contributed by atoms with van der Waals surface area (Å²) >= 11 is 0. The lowest BCUT2D eigenvalue weighted by molar-refractivity contribution is 0.628. The molecule has 0 saturated carbocycles. The third-order valence-electron chi connectivity index (χ3n) is 3.22. The number of halogens is 1. The Labute approximate surface area is 104 Å². The Morgan fingerprint density at radius 1 is 1.00 bits per heavy atom. The largest absolute Gasteiger partial charge is 0.338 e. The summed E-state index contributed by atoms with van der Waals surface area (Å²) in [5.41, 5.74) is 5.30. The fourth-order valence-electron chi connectivity index (χ4n) is 2.01. The summed E-state index contributed by atoms with van der Waals surface area (Å²) in [4.78, 5) is 7.80. The molecule has 0 saturated heterocycles. The molecular formula is C15H13FN2. The van der Waals surface area contributed by atoms with Crippen LogP contribution in [0.5, 0.6) is 0 Å². The molecule has 2 aromatic carbocycles. The molecule has 0 atom stereocenters. The average molecular weight is 240 g/mol. The van der Waals surface area contributed by atoms with E-state index in [1.165, 1.54) is 23.3 Å². The summed E-state index contributed by atoms with van der Waals surface area (Å²) in [5, 5.41) is 0. The number of nitrogens with zero attached hydrogens (tertiary/aromatic N) is 1. The van der Waals surface area contributed by atoms with E-state index in [1.54, 1.807) is 12.1 Å². The average Bonchev–Trinajstić information content (AvgIpc) is 2.73. The van der Waals surface area contributed by atoms with Gasteiger partial charge >= 0.3 is 0 Å². The number of imidazole rings is 1. The highest BCUT2D eigenvalue weighted by Crippen LogP contribution is 2.23. The van der Waals surface area contributed by atoms with Gasteiger partial charge in [0.05, 0.1) is 11.0 Å². The van der Waals surface area contributed by atoms with Crippen LogP contribution in [0.15, 0.2) is 36.4 Å². The van der Waals surface area contributed by atoms with Crippen molar-refractivity contribution in [3.05, 3.63) is 53.3 Å². The van der Waals surface area contributed by atoms with E-state index in [9.17, 15) is 4.39 Å². The van der Waals surface area contributed by atoms with Crippen LogP contribution in [-0.2, 0) is 0 Å². The summed E-state index contributed by atoms with van der Waals surface area (Å²) in [5.74, 6) is 0.538. The predicted molar refractivity (Wildman–Crippen MR) is 71.0 cm³/mol. The molecule has 0 aliphatic carbocycles. The van der Waals surface area contributed by atoms with Crippen molar-refractivity contribution in [2.75, 3.05) is 0 Å². The van der Waals surface area contributed by atoms with Crippen molar-refractivity contribution in [2.45, 2.75) is 13.8 Å². The molecule has 0 radical (unpaired) electrons. The minimum absolute atomic E-state index is 0.235. The Morgan fingerprint density at radius 3 is 2.39 bits per heavy atom. The van der Waals surface area contributed by atoms with E-state index < -0.39 is 0 Å². The SMILES string of the molecule is Cc1cc2nc(-c3ccc(F)cc3)[nH]c2cc1C. The first-order valence-corrected chi connectivity index (χ1v) is 5.86. The van der Waals surface area contributed by atoms with Crippen molar-refractivity contribution >= 4 is 11.0 Å². The van der Waals surface area contributed by atoms with Crippen molar-refractivity contribution in [3.63, 3.8) is 0 Å². The molecule has 1 aromatic heterocycles. The number of rotatable bonds is 1. The fraction of sp³-hybridized carbons (Fsp3) is 0.133. The maximum Gasteiger partial charge on any atom is 0.138 e. The van der Waals surface area contributed by atoms with Crippen LogP contribution >= 0.6 is 0 Å². The minimum atomic E-state index is -0.235. The summed E-state index contributed by atoms with van der Waals surface area (Å²) in [6, 6.07) is 10.5. The number of benzene rings is 2. The van der Waals surface area contributed by atoms with Gasteiger partial charge in [0.1, 0.15) is 11.6 Å². The zero-order chi connectivity index (χ0) is 12.7. The van der Waals surface area contributed by atoms with Crippen LogP contribution in [-0.4, -0.2) is 9.97 Å². The number of fused-ring (bicyclic) bond motifs is 1. The number of aromatic nitrogens is 2. The van der Waals surface area contributed by atoms with E-state index in [0.717, 1.165) is 22.4 Å². The van der Waals surface area contributed by atoms with Crippen molar-refractivity contribution in [3.8, 4) is 11.4 Å². The van der Waals surface area contributed by atoms with E-state index in [4.69, 9.17) is 0 Å². The fourth-order valence-corrected chi connectivity index (χ4v) is 2.01. The number of hydrogen-bond acceptors (Lipinski definition) is 1. The van der Waals surface area contributed by atoms with E-state index in [-0.39, 0.29) is 5.82 Å². The molecule has 0 bridgehead atoms. The number of hydrogen-bond donors (Lipinski definition) is 1. The predicted octanol–water partition coefficient (Wildman–Crippen LogP) is 3.99. The second-order valence-electron chi connectivity index (χ2n) is 4.55. The van der Waals surface area contributed by atoms with Crippen molar-refractivity contribution in [1.29, 1.82) is 0 Å². The van der Waals surface area contributed by atoms with Gasteiger partial charge in [-0.05, 0) is 61.4 Å². The third-order valence-corrected chi connectivity index (χ3v) is 3.22. The first-order chi connectivity index (χ1) is 8.63. The van der Waals surface area contributed by atoms with E-state index in [0.29, 0.717) is 0 Å². The molecule has 0 fully saturated rings. The lowest BCUT2D eigenvalue weighted by Gasteiger charge is -1.97. The van der Waals surface area contributed by atoms with Gasteiger partial charge in [-0.3, -0.25) is 0 Å². The Kier molecular flexibility index (Phi) is 2.40. The molecule has 0 amide bonds. The summed E-state index contributed by atoms with van der Waals surface area (Å²) in [6.45, 7) is 4.15. The second kappa shape index (κ2) is 3.95. The van der Waals surface area contributed by atoms with Gasteiger partial charge in [0.15, 0.2) is 0 Å². The molecular weight excluding hydrogens is 227 g/mol. The van der Waals surface area contributed by atoms with Gasteiger partial charge in [0, 0.05) is 5.56 Å². The van der Waals surface area contributed by atoms with Crippen LogP contribution in [0.3, 0.4) is 0 Å². The molecule has 18 heavy (non-hydrogen) atoms. The van der Waals surface area contributed by atoms with E-state index in [1.807, 2.05) is 0 Å². The van der Waals surface area contributed by atoms with Crippen LogP contribution in [0.2, 0.25) is 0 Å². The van der Waals surface area contributed by atoms with Gasteiger partial charge in [-0.2, -0.15) is 0 Å². The van der Waals surface area contributed by atoms with Crippen LogP contribution in [0.25, 0.3) is 22.4 Å². The van der Waals surface area contributed by atoms with Gasteiger partial charge in [0.25, 0.3) is 0 Å². The van der Waals surface area contributed by atoms with Gasteiger partial charge in [-0.1, -0.05) is 0 Å². The van der Waals surface area contributed by atoms with Crippen LogP contribution < -0.4 is 0 Å². The molecule has 1 heterocycles. The second-order valence-corrected chi connectivity index (χ2v) is 4.55. The molecule has 0 unspecified atom stereocenters. The van der Waals surface area contributed by atoms with Crippen molar-refractivity contribution < 1.29 is 4.39 Å². The quantitative estimate of drug-likeness (QED) is 0.684. The first-order valence-electron chi connectivity index (χ1n) is 5.86. The summed E-state index contributed by atoms with van der Waals surface area (Å²) < 4.78 is 12.9. The molecule has 3 rings (SSSR count). The van der Waals surface area contributed by atoms with Gasteiger partial charge in [-0.25, -0.2) is 9.37 Å². The molecule has 1 N–H and O–H groups in total. The topological polar surface area (TPSA) is 28.7 Å². The molecule has 0 aliphatic rings. The normalized spacial score (nSPS) is 11.1. The maximum atomic E-state index is 12.9. The smallest absolute Gasteiger partial charge is 0.138 e. The van der Waals surface area contributed by atoms with Gasteiger partial charge in [0.2, 0.25) is 0 Å². The monoisotopic (exact) mass is 240 g/mol. The molecule has 90 valence electrons. The maximum absolute atomic E-state index is 12.9. The molecule has 3 aromatic rings. The number of aromatic amines is 1. The van der Waals surface area contributed by atoms with E-state index >= 15 is 0 Å².